The fourth-order valence-electron chi connectivity index (χ4n) is 6.53. The smallest absolute Gasteiger partial charge is 0.320 e. The summed E-state index contributed by atoms with van der Waals surface area (Å²) in [5, 5.41) is 13.2. The van der Waals surface area contributed by atoms with Crippen LogP contribution in [-0.4, -0.2) is 71.6 Å². The van der Waals surface area contributed by atoms with Crippen LogP contribution in [0.3, 0.4) is 0 Å². The first-order valence-electron chi connectivity index (χ1n) is 13.7. The number of nitrogen functional groups attached to an aromatic ring is 1. The van der Waals surface area contributed by atoms with Crippen LogP contribution in [0.15, 0.2) is 24.3 Å². The zero-order valence-corrected chi connectivity index (χ0v) is 23.1. The predicted molar refractivity (Wildman–Crippen MR) is 150 cm³/mol. The van der Waals surface area contributed by atoms with Crippen molar-refractivity contribution in [2.45, 2.75) is 43.2 Å². The summed E-state index contributed by atoms with van der Waals surface area (Å²) in [7, 11) is 0. The Kier molecular flexibility index (Phi) is 6.60. The molecule has 0 saturated carbocycles. The van der Waals surface area contributed by atoms with E-state index in [1.807, 2.05) is 6.07 Å². The molecule has 42 heavy (non-hydrogen) atoms. The maximum atomic E-state index is 16.4. The van der Waals surface area contributed by atoms with Crippen molar-refractivity contribution in [2.75, 3.05) is 38.5 Å². The lowest BCUT2D eigenvalue weighted by Gasteiger charge is -2.30. The number of alkyl halides is 2. The summed E-state index contributed by atoms with van der Waals surface area (Å²) in [6, 6.07) is 7.41. The van der Waals surface area contributed by atoms with Crippen molar-refractivity contribution in [3.05, 3.63) is 41.5 Å². The van der Waals surface area contributed by atoms with Gasteiger partial charge in [0.1, 0.15) is 41.3 Å². The van der Waals surface area contributed by atoms with Gasteiger partial charge in [-0.3, -0.25) is 4.90 Å². The Labute approximate surface area is 242 Å². The Morgan fingerprint density at radius 3 is 2.79 bits per heavy atom. The van der Waals surface area contributed by atoms with Gasteiger partial charge in [0.15, 0.2) is 12.0 Å². The van der Waals surface area contributed by atoms with Gasteiger partial charge in [0.25, 0.3) is 0 Å². The molecular weight excluding hydrogens is 572 g/mol. The van der Waals surface area contributed by atoms with Gasteiger partial charge in [0, 0.05) is 37.0 Å². The first-order valence-corrected chi connectivity index (χ1v) is 14.5. The van der Waals surface area contributed by atoms with Gasteiger partial charge in [-0.2, -0.15) is 15.2 Å². The number of rotatable bonds is 6. The van der Waals surface area contributed by atoms with Gasteiger partial charge in [-0.1, -0.05) is 12.1 Å². The third-order valence-electron chi connectivity index (χ3n) is 8.55. The van der Waals surface area contributed by atoms with Crippen LogP contribution in [0.4, 0.5) is 22.6 Å². The van der Waals surface area contributed by atoms with Crippen molar-refractivity contribution in [1.29, 1.82) is 5.26 Å². The molecule has 3 N–H and O–H groups in total. The molecule has 0 amide bonds. The number of nitrogens with zero attached hydrogens (tertiary/aromatic N) is 4. The Hall–Kier alpha value is -3.73. The van der Waals surface area contributed by atoms with Crippen molar-refractivity contribution in [1.82, 2.24) is 20.2 Å². The van der Waals surface area contributed by atoms with Gasteiger partial charge in [0.05, 0.1) is 21.2 Å². The SMILES string of the molecule is N#Cc1c(N)sc2c(F)ccc(-c3ccc4c(OC5CNCC5F)nc(OCC56CCCN5CC(F)C6)nc4c3F)c12. The van der Waals surface area contributed by atoms with Gasteiger partial charge < -0.3 is 20.5 Å². The Balaban J connectivity index is 1.34. The van der Waals surface area contributed by atoms with E-state index in [1.54, 1.807) is 6.07 Å². The highest BCUT2D eigenvalue weighted by molar-refractivity contribution is 7.23. The highest BCUT2D eigenvalue weighted by Gasteiger charge is 2.49. The normalized spacial score (nSPS) is 25.7. The van der Waals surface area contributed by atoms with Gasteiger partial charge in [-0.25, -0.2) is 17.6 Å². The van der Waals surface area contributed by atoms with Crippen molar-refractivity contribution in [3.8, 4) is 29.1 Å². The number of halogens is 4. The second kappa shape index (κ2) is 10.2. The summed E-state index contributed by atoms with van der Waals surface area (Å²) in [5.74, 6) is -1.40. The van der Waals surface area contributed by atoms with Crippen molar-refractivity contribution in [2.24, 2.45) is 0 Å². The third kappa shape index (κ3) is 4.31. The molecule has 0 radical (unpaired) electrons. The second-order valence-electron chi connectivity index (χ2n) is 11.1. The molecule has 8 nitrogen and oxygen atoms in total. The van der Waals surface area contributed by atoms with E-state index >= 15 is 4.39 Å². The number of thiophene rings is 1. The first-order chi connectivity index (χ1) is 20.3. The summed E-state index contributed by atoms with van der Waals surface area (Å²) in [6.07, 6.45) is -1.11. The summed E-state index contributed by atoms with van der Waals surface area (Å²) in [5.41, 5.74) is 5.72. The van der Waals surface area contributed by atoms with E-state index in [0.29, 0.717) is 13.0 Å². The summed E-state index contributed by atoms with van der Waals surface area (Å²) in [4.78, 5) is 10.8. The van der Waals surface area contributed by atoms with Crippen LogP contribution in [0.2, 0.25) is 0 Å². The van der Waals surface area contributed by atoms with E-state index in [1.165, 1.54) is 18.2 Å². The van der Waals surface area contributed by atoms with E-state index in [-0.39, 0.29) is 74.3 Å². The van der Waals surface area contributed by atoms with Crippen LogP contribution >= 0.6 is 11.3 Å². The zero-order valence-electron chi connectivity index (χ0n) is 22.3. The molecule has 2 aromatic carbocycles. The minimum atomic E-state index is -1.30. The molecular formula is C29H26F4N6O2S. The fraction of sp³-hybridized carbons (Fsp3) is 0.414. The van der Waals surface area contributed by atoms with Gasteiger partial charge in [0.2, 0.25) is 5.88 Å². The zero-order chi connectivity index (χ0) is 29.2. The van der Waals surface area contributed by atoms with Crippen LogP contribution in [0.5, 0.6) is 11.9 Å². The number of nitriles is 1. The average Bonchev–Trinajstić information content (AvgIpc) is 3.71. The number of ether oxygens (including phenoxy) is 2. The molecule has 3 saturated heterocycles. The van der Waals surface area contributed by atoms with E-state index in [0.717, 1.165) is 30.7 Å². The maximum absolute atomic E-state index is 16.4. The molecule has 3 aliphatic rings. The van der Waals surface area contributed by atoms with Crippen molar-refractivity contribution >= 4 is 37.3 Å². The summed E-state index contributed by atoms with van der Waals surface area (Å²) >= 11 is 0.917. The van der Waals surface area contributed by atoms with E-state index in [4.69, 9.17) is 15.2 Å². The summed E-state index contributed by atoms with van der Waals surface area (Å²) < 4.78 is 72.0. The number of fused-ring (bicyclic) bond motifs is 3. The van der Waals surface area contributed by atoms with Gasteiger partial charge >= 0.3 is 6.01 Å². The number of aromatic nitrogens is 2. The van der Waals surface area contributed by atoms with Crippen LogP contribution in [0.25, 0.3) is 32.1 Å². The molecule has 4 unspecified atom stereocenters. The molecule has 3 fully saturated rings. The van der Waals surface area contributed by atoms with Crippen LogP contribution in [0, 0.1) is 23.0 Å². The molecule has 7 rings (SSSR count). The highest BCUT2D eigenvalue weighted by Crippen LogP contribution is 2.44. The van der Waals surface area contributed by atoms with Crippen LogP contribution in [-0.2, 0) is 0 Å². The molecule has 13 heteroatoms. The van der Waals surface area contributed by atoms with Gasteiger partial charge in [-0.05, 0) is 37.1 Å². The number of hydrogen-bond acceptors (Lipinski definition) is 9. The fourth-order valence-corrected chi connectivity index (χ4v) is 7.48. The summed E-state index contributed by atoms with van der Waals surface area (Å²) in [6.45, 7) is 1.57. The lowest BCUT2D eigenvalue weighted by molar-refractivity contribution is 0.104. The molecule has 4 atom stereocenters. The number of anilines is 1. The van der Waals surface area contributed by atoms with E-state index in [9.17, 15) is 18.4 Å². The monoisotopic (exact) mass is 598 g/mol. The molecule has 218 valence electrons. The molecule has 0 aliphatic carbocycles. The quantitative estimate of drug-likeness (QED) is 0.302. The molecule has 0 spiro atoms. The van der Waals surface area contributed by atoms with E-state index in [2.05, 4.69) is 20.2 Å². The topological polar surface area (TPSA) is 109 Å². The molecule has 4 aromatic rings. The Morgan fingerprint density at radius 1 is 1.17 bits per heavy atom. The number of benzene rings is 2. The van der Waals surface area contributed by atoms with Crippen molar-refractivity contribution in [3.63, 3.8) is 0 Å². The minimum Gasteiger partial charge on any atom is -0.469 e. The van der Waals surface area contributed by atoms with Crippen molar-refractivity contribution < 1.29 is 27.0 Å². The minimum absolute atomic E-state index is 0.0471. The number of hydrogen-bond donors (Lipinski definition) is 2. The first kappa shape index (κ1) is 27.1. The highest BCUT2D eigenvalue weighted by atomic mass is 32.1. The maximum Gasteiger partial charge on any atom is 0.320 e. The van der Waals surface area contributed by atoms with E-state index < -0.39 is 35.6 Å². The largest absolute Gasteiger partial charge is 0.469 e. The Bertz CT molecular complexity index is 1760. The van der Waals surface area contributed by atoms with Gasteiger partial charge in [-0.15, -0.1) is 11.3 Å². The number of nitrogens with two attached hydrogens (primary N) is 1. The predicted octanol–water partition coefficient (Wildman–Crippen LogP) is 4.89. The molecule has 3 aliphatic heterocycles. The number of nitrogens with one attached hydrogen (secondary N) is 1. The Morgan fingerprint density at radius 2 is 2.00 bits per heavy atom. The average molecular weight is 599 g/mol. The molecule has 5 heterocycles. The molecule has 0 bridgehead atoms. The third-order valence-corrected chi connectivity index (χ3v) is 9.58. The lowest BCUT2D eigenvalue weighted by Crippen LogP contribution is -2.43. The van der Waals surface area contributed by atoms with Crippen LogP contribution in [0.1, 0.15) is 24.8 Å². The second-order valence-corrected chi connectivity index (χ2v) is 12.1. The standard InChI is InChI=1S/C29H26F4N6O2S/c30-14-8-29(6-1-7-39(29)12-14)13-40-28-37-24-17(27(38-28)41-21-11-36-10-20(21)32)3-2-16(23(24)33)15-4-5-19(31)25-22(15)18(9-34)26(35)42-25/h2-5,14,20-21,36H,1,6-8,10-13,35H2. The molecule has 2 aromatic heterocycles. The lowest BCUT2D eigenvalue weighted by atomic mass is 9.95. The van der Waals surface area contributed by atoms with Crippen LogP contribution < -0.4 is 20.5 Å².